The highest BCUT2D eigenvalue weighted by Gasteiger charge is 2.13. The van der Waals surface area contributed by atoms with Gasteiger partial charge in [0.2, 0.25) is 5.76 Å². The predicted molar refractivity (Wildman–Crippen MR) is 116 cm³/mol. The van der Waals surface area contributed by atoms with Gasteiger partial charge in [0.1, 0.15) is 19.0 Å². The minimum atomic E-state index is -0.742. The molecule has 0 radical (unpaired) electrons. The Morgan fingerprint density at radius 3 is 2.13 bits per heavy atom. The van der Waals surface area contributed by atoms with Gasteiger partial charge in [-0.15, -0.1) is 0 Å². The molecule has 0 atom stereocenters. The van der Waals surface area contributed by atoms with Gasteiger partial charge in [0.15, 0.2) is 0 Å². The van der Waals surface area contributed by atoms with Crippen LogP contribution in [0, 0.1) is 5.92 Å². The molecule has 1 aromatic heterocycles. The van der Waals surface area contributed by atoms with Crippen molar-refractivity contribution in [3.63, 3.8) is 0 Å². The monoisotopic (exact) mass is 435 g/mol. The van der Waals surface area contributed by atoms with Gasteiger partial charge < -0.3 is 24.4 Å². The Morgan fingerprint density at radius 2 is 1.58 bits per heavy atom. The molecule has 8 nitrogen and oxygen atoms in total. The number of carbonyl (C=O) groups excluding carboxylic acids is 3. The number of amides is 1. The first-order chi connectivity index (χ1) is 14.8. The predicted octanol–water partition coefficient (Wildman–Crippen LogP) is 4.85. The van der Waals surface area contributed by atoms with Crippen LogP contribution in [-0.2, 0) is 32.2 Å². The van der Waals surface area contributed by atoms with Gasteiger partial charge in [0, 0.05) is 6.42 Å². The highest BCUT2D eigenvalue weighted by molar-refractivity contribution is 5.86. The molecule has 1 amide bonds. The molecule has 31 heavy (non-hydrogen) atoms. The molecule has 0 spiro atoms. The minimum absolute atomic E-state index is 0.0327. The Labute approximate surface area is 183 Å². The molecule has 172 valence electrons. The van der Waals surface area contributed by atoms with E-state index in [2.05, 4.69) is 4.74 Å². The average Bonchev–Trinajstić information content (AvgIpc) is 3.22. The lowest BCUT2D eigenvalue weighted by Gasteiger charge is -2.04. The lowest BCUT2D eigenvalue weighted by atomic mass is 10.1. The number of benzene rings is 1. The van der Waals surface area contributed by atoms with E-state index in [4.69, 9.17) is 19.6 Å². The molecular weight excluding hydrogens is 402 g/mol. The Kier molecular flexibility index (Phi) is 14.7. The second-order valence-corrected chi connectivity index (χ2v) is 6.34. The van der Waals surface area contributed by atoms with E-state index in [0.717, 1.165) is 5.56 Å². The standard InChI is InChI=1S/C13H18O5.C8H9NO2.C2H6/c1-4-16-13(15)11-6-5-10(18-11)8-17-12(14)7-9(2)3;9-8(10)11-6-7-4-2-1-3-5-7;1-2/h5-6,9H,4,7-8H2,1-3H3;1-5H,6H2,(H2,9,10);1-2H3. The van der Waals surface area contributed by atoms with Gasteiger partial charge in [-0.05, 0) is 30.5 Å². The van der Waals surface area contributed by atoms with Crippen molar-refractivity contribution in [2.24, 2.45) is 11.7 Å². The lowest BCUT2D eigenvalue weighted by Crippen LogP contribution is -2.12. The first kappa shape index (κ1) is 27.7. The van der Waals surface area contributed by atoms with Gasteiger partial charge in [-0.1, -0.05) is 58.0 Å². The second-order valence-electron chi connectivity index (χ2n) is 6.34. The summed E-state index contributed by atoms with van der Waals surface area (Å²) in [5.41, 5.74) is 5.72. The number of primary amides is 1. The van der Waals surface area contributed by atoms with Crippen molar-refractivity contribution in [3.8, 4) is 0 Å². The van der Waals surface area contributed by atoms with Gasteiger partial charge >= 0.3 is 18.0 Å². The van der Waals surface area contributed by atoms with Crippen molar-refractivity contribution >= 4 is 18.0 Å². The van der Waals surface area contributed by atoms with Crippen molar-refractivity contribution in [3.05, 3.63) is 59.5 Å². The van der Waals surface area contributed by atoms with E-state index >= 15 is 0 Å². The zero-order valence-electron chi connectivity index (χ0n) is 18.9. The van der Waals surface area contributed by atoms with Crippen LogP contribution < -0.4 is 5.73 Å². The third-order valence-corrected chi connectivity index (χ3v) is 3.31. The van der Waals surface area contributed by atoms with Crippen LogP contribution in [0.2, 0.25) is 0 Å². The smallest absolute Gasteiger partial charge is 0.404 e. The molecular formula is C23H33NO7. The normalized spacial score (nSPS) is 9.48. The molecule has 0 unspecified atom stereocenters. The van der Waals surface area contributed by atoms with Crippen molar-refractivity contribution < 1.29 is 33.0 Å². The van der Waals surface area contributed by atoms with E-state index in [1.807, 2.05) is 58.0 Å². The number of hydrogen-bond acceptors (Lipinski definition) is 7. The Hall–Kier alpha value is -3.29. The van der Waals surface area contributed by atoms with Crippen molar-refractivity contribution in [1.82, 2.24) is 0 Å². The second kappa shape index (κ2) is 16.5. The SMILES string of the molecule is CC.CCOC(=O)c1ccc(COC(=O)CC(C)C)o1.NC(=O)OCc1ccccc1. The summed E-state index contributed by atoms with van der Waals surface area (Å²) in [6.07, 6.45) is -0.375. The highest BCUT2D eigenvalue weighted by Crippen LogP contribution is 2.11. The molecule has 0 bridgehead atoms. The summed E-state index contributed by atoms with van der Waals surface area (Å²) in [5.74, 6) is 0.00227. The Balaban J connectivity index is 0.000000591. The fraction of sp³-hybridized carbons (Fsp3) is 0.435. The molecule has 0 aliphatic heterocycles. The Morgan fingerprint density at radius 1 is 0.935 bits per heavy atom. The number of rotatable bonds is 8. The van der Waals surface area contributed by atoms with E-state index in [-0.39, 0.29) is 37.5 Å². The van der Waals surface area contributed by atoms with Gasteiger partial charge in [0.25, 0.3) is 0 Å². The van der Waals surface area contributed by atoms with Gasteiger partial charge in [-0.25, -0.2) is 9.59 Å². The summed E-state index contributed by atoms with van der Waals surface area (Å²) >= 11 is 0. The zero-order chi connectivity index (χ0) is 23.6. The number of hydrogen-bond donors (Lipinski definition) is 1. The molecule has 2 N–H and O–H groups in total. The molecule has 1 aromatic carbocycles. The van der Waals surface area contributed by atoms with E-state index in [1.165, 1.54) is 6.07 Å². The van der Waals surface area contributed by atoms with Crippen LogP contribution >= 0.6 is 0 Å². The molecule has 0 saturated heterocycles. The molecule has 8 heteroatoms. The summed E-state index contributed by atoms with van der Waals surface area (Å²) in [7, 11) is 0. The van der Waals surface area contributed by atoms with E-state index in [0.29, 0.717) is 12.2 Å². The largest absolute Gasteiger partial charge is 0.460 e. The summed E-state index contributed by atoms with van der Waals surface area (Å²) in [4.78, 5) is 32.8. The fourth-order valence-electron chi connectivity index (χ4n) is 2.04. The lowest BCUT2D eigenvalue weighted by molar-refractivity contribution is -0.146. The van der Waals surface area contributed by atoms with Crippen molar-refractivity contribution in [2.75, 3.05) is 6.61 Å². The highest BCUT2D eigenvalue weighted by atomic mass is 16.6. The van der Waals surface area contributed by atoms with Crippen LogP contribution in [0.25, 0.3) is 0 Å². The third kappa shape index (κ3) is 13.5. The number of esters is 2. The molecule has 1 heterocycles. The van der Waals surface area contributed by atoms with E-state index < -0.39 is 12.1 Å². The number of nitrogens with two attached hydrogens (primary N) is 1. The number of ether oxygens (including phenoxy) is 3. The maximum Gasteiger partial charge on any atom is 0.404 e. The summed E-state index contributed by atoms with van der Waals surface area (Å²) < 4.78 is 19.6. The van der Waals surface area contributed by atoms with Crippen LogP contribution in [0.1, 0.15) is 62.9 Å². The van der Waals surface area contributed by atoms with Crippen LogP contribution in [0.15, 0.2) is 46.9 Å². The van der Waals surface area contributed by atoms with Crippen LogP contribution in [0.3, 0.4) is 0 Å². The van der Waals surface area contributed by atoms with Crippen molar-refractivity contribution in [2.45, 2.75) is 54.3 Å². The Bertz CT molecular complexity index is 769. The van der Waals surface area contributed by atoms with E-state index in [1.54, 1.807) is 13.0 Å². The van der Waals surface area contributed by atoms with E-state index in [9.17, 15) is 14.4 Å². The minimum Gasteiger partial charge on any atom is -0.460 e. The van der Waals surface area contributed by atoms with Gasteiger partial charge in [0.05, 0.1) is 6.61 Å². The summed E-state index contributed by atoms with van der Waals surface area (Å²) in [5, 5.41) is 0. The summed E-state index contributed by atoms with van der Waals surface area (Å²) in [6, 6.07) is 12.5. The number of furan rings is 1. The number of carbonyl (C=O) groups is 3. The fourth-order valence-corrected chi connectivity index (χ4v) is 2.04. The van der Waals surface area contributed by atoms with Crippen LogP contribution in [0.5, 0.6) is 0 Å². The topological polar surface area (TPSA) is 118 Å². The maximum atomic E-state index is 11.3. The maximum absolute atomic E-state index is 11.3. The van der Waals surface area contributed by atoms with Crippen LogP contribution in [0.4, 0.5) is 4.79 Å². The first-order valence-corrected chi connectivity index (χ1v) is 10.2. The molecule has 2 aromatic rings. The molecule has 0 fully saturated rings. The third-order valence-electron chi connectivity index (χ3n) is 3.31. The molecule has 0 aliphatic rings. The van der Waals surface area contributed by atoms with Gasteiger partial charge in [-0.2, -0.15) is 0 Å². The quantitative estimate of drug-likeness (QED) is 0.465. The van der Waals surface area contributed by atoms with Crippen LogP contribution in [-0.4, -0.2) is 24.6 Å². The average molecular weight is 436 g/mol. The molecule has 0 saturated carbocycles. The van der Waals surface area contributed by atoms with Crippen molar-refractivity contribution in [1.29, 1.82) is 0 Å². The van der Waals surface area contributed by atoms with Gasteiger partial charge in [-0.3, -0.25) is 4.79 Å². The molecule has 2 rings (SSSR count). The molecule has 0 aliphatic carbocycles. The first-order valence-electron chi connectivity index (χ1n) is 10.2. The summed E-state index contributed by atoms with van der Waals surface area (Å²) in [6.45, 7) is 10.2. The zero-order valence-corrected chi connectivity index (χ0v) is 18.9.